The highest BCUT2D eigenvalue weighted by molar-refractivity contribution is 5.82. The topological polar surface area (TPSA) is 41.6 Å². The summed E-state index contributed by atoms with van der Waals surface area (Å²) in [7, 11) is 0. The van der Waals surface area contributed by atoms with Gasteiger partial charge in [0.1, 0.15) is 5.54 Å². The van der Waals surface area contributed by atoms with Crippen LogP contribution >= 0.6 is 0 Å². The number of esters is 1. The third-order valence-corrected chi connectivity index (χ3v) is 4.69. The quantitative estimate of drug-likeness (QED) is 0.665. The van der Waals surface area contributed by atoms with E-state index in [0.717, 1.165) is 45.3 Å². The lowest BCUT2D eigenvalue weighted by molar-refractivity contribution is -0.153. The summed E-state index contributed by atoms with van der Waals surface area (Å²) in [6.07, 6.45) is 4.22. The number of hydrogen-bond donors (Lipinski definition) is 1. The van der Waals surface area contributed by atoms with Crippen LogP contribution in [0.1, 0.15) is 60.3 Å². The number of ether oxygens (including phenoxy) is 1. The van der Waals surface area contributed by atoms with E-state index in [1.54, 1.807) is 0 Å². The van der Waals surface area contributed by atoms with Crippen LogP contribution in [0, 0.1) is 5.92 Å². The molecule has 4 nitrogen and oxygen atoms in total. The summed E-state index contributed by atoms with van der Waals surface area (Å²) < 4.78 is 5.40. The molecule has 0 saturated heterocycles. The summed E-state index contributed by atoms with van der Waals surface area (Å²) in [5, 5.41) is 3.56. The van der Waals surface area contributed by atoms with Gasteiger partial charge < -0.3 is 9.64 Å². The number of nitrogens with one attached hydrogen (secondary N) is 1. The highest BCUT2D eigenvalue weighted by Gasteiger charge is 2.49. The second-order valence-corrected chi connectivity index (χ2v) is 6.40. The van der Waals surface area contributed by atoms with Crippen LogP contribution in [-0.4, -0.2) is 48.7 Å². The zero-order valence-corrected chi connectivity index (χ0v) is 14.6. The average Bonchev–Trinajstić information content (AvgIpc) is 2.83. The van der Waals surface area contributed by atoms with Crippen LogP contribution in [0.5, 0.6) is 0 Å². The van der Waals surface area contributed by atoms with Crippen molar-refractivity contribution in [1.82, 2.24) is 10.2 Å². The predicted molar refractivity (Wildman–Crippen MR) is 87.4 cm³/mol. The lowest BCUT2D eigenvalue weighted by Crippen LogP contribution is -2.58. The van der Waals surface area contributed by atoms with E-state index >= 15 is 0 Å². The van der Waals surface area contributed by atoms with E-state index in [1.165, 1.54) is 0 Å². The highest BCUT2D eigenvalue weighted by Crippen LogP contribution is 2.39. The Bertz CT molecular complexity index is 316. The molecule has 1 rings (SSSR count). The summed E-state index contributed by atoms with van der Waals surface area (Å²) in [6.45, 7) is 14.2. The van der Waals surface area contributed by atoms with Gasteiger partial charge in [0.05, 0.1) is 6.61 Å². The minimum Gasteiger partial charge on any atom is -0.465 e. The largest absolute Gasteiger partial charge is 0.465 e. The zero-order valence-electron chi connectivity index (χ0n) is 14.6. The Balaban J connectivity index is 2.80. The third-order valence-electron chi connectivity index (χ3n) is 4.69. The maximum absolute atomic E-state index is 12.6. The van der Waals surface area contributed by atoms with Crippen LogP contribution in [-0.2, 0) is 9.53 Å². The van der Waals surface area contributed by atoms with Gasteiger partial charge in [0.25, 0.3) is 0 Å². The van der Waals surface area contributed by atoms with E-state index in [1.807, 2.05) is 6.92 Å². The molecule has 1 aliphatic rings. The number of carbonyl (C=O) groups is 1. The maximum atomic E-state index is 12.6. The first kappa shape index (κ1) is 18.4. The van der Waals surface area contributed by atoms with E-state index < -0.39 is 5.54 Å². The first-order valence-electron chi connectivity index (χ1n) is 8.67. The molecule has 0 bridgehead atoms. The standard InChI is InChI=1S/C17H34N2O2/c1-6-19(7-2)13-11-15-10-9-12-17(15,18-14(4)5)16(20)21-8-3/h14-15,18H,6-13H2,1-5H3. The number of rotatable bonds is 9. The second kappa shape index (κ2) is 8.74. The minimum atomic E-state index is -0.461. The van der Waals surface area contributed by atoms with Crippen LogP contribution in [0.2, 0.25) is 0 Å². The molecular weight excluding hydrogens is 264 g/mol. The van der Waals surface area contributed by atoms with Crippen molar-refractivity contribution in [3.63, 3.8) is 0 Å². The van der Waals surface area contributed by atoms with Crippen LogP contribution in [0.3, 0.4) is 0 Å². The molecule has 0 aromatic carbocycles. The van der Waals surface area contributed by atoms with Crippen molar-refractivity contribution in [2.45, 2.75) is 71.9 Å². The molecule has 0 aromatic heterocycles. The van der Waals surface area contributed by atoms with Crippen LogP contribution in [0.4, 0.5) is 0 Å². The fourth-order valence-corrected chi connectivity index (χ4v) is 3.64. The summed E-state index contributed by atoms with van der Waals surface area (Å²) in [5.74, 6) is 0.347. The molecule has 2 unspecified atom stereocenters. The Kier molecular flexibility index (Phi) is 7.67. The van der Waals surface area contributed by atoms with E-state index in [4.69, 9.17) is 4.74 Å². The Morgan fingerprint density at radius 3 is 2.52 bits per heavy atom. The summed E-state index contributed by atoms with van der Waals surface area (Å²) in [6, 6.07) is 0.295. The molecule has 0 radical (unpaired) electrons. The smallest absolute Gasteiger partial charge is 0.326 e. The van der Waals surface area contributed by atoms with E-state index in [0.29, 0.717) is 18.6 Å². The summed E-state index contributed by atoms with van der Waals surface area (Å²) in [4.78, 5) is 15.0. The van der Waals surface area contributed by atoms with Gasteiger partial charge in [-0.3, -0.25) is 10.1 Å². The fraction of sp³-hybridized carbons (Fsp3) is 0.941. The molecule has 124 valence electrons. The molecule has 0 heterocycles. The predicted octanol–water partition coefficient (Wildman–Crippen LogP) is 2.82. The first-order valence-corrected chi connectivity index (χ1v) is 8.67. The van der Waals surface area contributed by atoms with Crippen molar-refractivity contribution in [1.29, 1.82) is 0 Å². The van der Waals surface area contributed by atoms with Gasteiger partial charge in [0.15, 0.2) is 0 Å². The number of carbonyl (C=O) groups excluding carboxylic acids is 1. The lowest BCUT2D eigenvalue weighted by atomic mass is 9.83. The maximum Gasteiger partial charge on any atom is 0.326 e. The Labute approximate surface area is 130 Å². The molecule has 0 amide bonds. The molecule has 1 fully saturated rings. The average molecular weight is 298 g/mol. The monoisotopic (exact) mass is 298 g/mol. The second-order valence-electron chi connectivity index (χ2n) is 6.40. The van der Waals surface area contributed by atoms with Gasteiger partial charge >= 0.3 is 5.97 Å². The molecular formula is C17H34N2O2. The Hall–Kier alpha value is -0.610. The van der Waals surface area contributed by atoms with Crippen molar-refractivity contribution in [3.8, 4) is 0 Å². The first-order chi connectivity index (χ1) is 10.00. The highest BCUT2D eigenvalue weighted by atomic mass is 16.5. The van der Waals surface area contributed by atoms with Gasteiger partial charge in [-0.25, -0.2) is 0 Å². The SMILES string of the molecule is CCOC(=O)C1(NC(C)C)CCCC1CCN(CC)CC. The molecule has 2 atom stereocenters. The Morgan fingerprint density at radius 1 is 1.33 bits per heavy atom. The van der Waals surface area contributed by atoms with Gasteiger partial charge in [-0.2, -0.15) is 0 Å². The number of hydrogen-bond acceptors (Lipinski definition) is 4. The van der Waals surface area contributed by atoms with Crippen LogP contribution < -0.4 is 5.32 Å². The van der Waals surface area contributed by atoms with Crippen molar-refractivity contribution in [3.05, 3.63) is 0 Å². The van der Waals surface area contributed by atoms with Gasteiger partial charge in [-0.1, -0.05) is 20.3 Å². The molecule has 0 spiro atoms. The normalized spacial score (nSPS) is 25.8. The molecule has 0 aliphatic heterocycles. The van der Waals surface area contributed by atoms with Gasteiger partial charge in [-0.05, 0) is 65.6 Å². The summed E-state index contributed by atoms with van der Waals surface area (Å²) >= 11 is 0. The molecule has 21 heavy (non-hydrogen) atoms. The minimum absolute atomic E-state index is 0.0410. The van der Waals surface area contributed by atoms with E-state index in [-0.39, 0.29) is 5.97 Å². The van der Waals surface area contributed by atoms with Crippen molar-refractivity contribution in [2.24, 2.45) is 5.92 Å². The molecule has 1 saturated carbocycles. The molecule has 1 aliphatic carbocycles. The third kappa shape index (κ3) is 4.68. The molecule has 4 heteroatoms. The van der Waals surface area contributed by atoms with Crippen LogP contribution in [0.15, 0.2) is 0 Å². The zero-order chi connectivity index (χ0) is 15.9. The van der Waals surface area contributed by atoms with Crippen LogP contribution in [0.25, 0.3) is 0 Å². The van der Waals surface area contributed by atoms with E-state index in [2.05, 4.69) is 37.9 Å². The molecule has 0 aromatic rings. The lowest BCUT2D eigenvalue weighted by Gasteiger charge is -2.37. The van der Waals surface area contributed by atoms with E-state index in [9.17, 15) is 4.79 Å². The van der Waals surface area contributed by atoms with Crippen molar-refractivity contribution in [2.75, 3.05) is 26.2 Å². The molecule has 1 N–H and O–H groups in total. The Morgan fingerprint density at radius 2 is 2.00 bits per heavy atom. The fourth-order valence-electron chi connectivity index (χ4n) is 3.64. The van der Waals surface area contributed by atoms with Crippen molar-refractivity contribution >= 4 is 5.97 Å². The van der Waals surface area contributed by atoms with Crippen molar-refractivity contribution < 1.29 is 9.53 Å². The van der Waals surface area contributed by atoms with Gasteiger partial charge in [0.2, 0.25) is 0 Å². The number of nitrogens with zero attached hydrogens (tertiary/aromatic N) is 1. The van der Waals surface area contributed by atoms with Gasteiger partial charge in [-0.15, -0.1) is 0 Å². The summed E-state index contributed by atoms with van der Waals surface area (Å²) in [5.41, 5.74) is -0.461. The van der Waals surface area contributed by atoms with Gasteiger partial charge in [0, 0.05) is 6.04 Å².